The van der Waals surface area contributed by atoms with Gasteiger partial charge in [0.15, 0.2) is 0 Å². The molecule has 0 aliphatic carbocycles. The quantitative estimate of drug-likeness (QED) is 0.850. The average molecular weight is 361 g/mol. The Balaban J connectivity index is 2.22. The molecule has 100 valence electrons. The van der Waals surface area contributed by atoms with E-state index in [1.54, 1.807) is 12.1 Å². The number of benzene rings is 2. The summed E-state index contributed by atoms with van der Waals surface area (Å²) in [6.07, 6.45) is 0. The maximum Gasteiger partial charge on any atom is 0.142 e. The monoisotopic (exact) mass is 359 g/mol. The van der Waals surface area contributed by atoms with Gasteiger partial charge in [0.05, 0.1) is 5.02 Å². The second-order valence-electron chi connectivity index (χ2n) is 3.96. The van der Waals surface area contributed by atoms with Crippen molar-refractivity contribution in [2.24, 2.45) is 5.73 Å². The molecule has 19 heavy (non-hydrogen) atoms. The van der Waals surface area contributed by atoms with Crippen LogP contribution in [0.1, 0.15) is 11.1 Å². The van der Waals surface area contributed by atoms with E-state index in [0.29, 0.717) is 28.9 Å². The van der Waals surface area contributed by atoms with Crippen molar-refractivity contribution in [2.75, 3.05) is 0 Å². The second kappa shape index (κ2) is 6.62. The van der Waals surface area contributed by atoms with Crippen molar-refractivity contribution < 1.29 is 4.74 Å². The molecule has 0 bridgehead atoms. The van der Waals surface area contributed by atoms with Gasteiger partial charge in [0.25, 0.3) is 0 Å². The van der Waals surface area contributed by atoms with Crippen LogP contribution in [0.2, 0.25) is 10.0 Å². The van der Waals surface area contributed by atoms with Gasteiger partial charge in [0.2, 0.25) is 0 Å². The molecule has 5 heteroatoms. The summed E-state index contributed by atoms with van der Waals surface area (Å²) in [4.78, 5) is 0. The Kier molecular flexibility index (Phi) is 5.11. The van der Waals surface area contributed by atoms with Crippen molar-refractivity contribution in [3.63, 3.8) is 0 Å². The SMILES string of the molecule is NCc1cc(Cl)cc(Cl)c1OCc1ccccc1Br. The first-order valence-corrected chi connectivity index (χ1v) is 7.21. The Labute approximate surface area is 130 Å². The molecule has 0 atom stereocenters. The molecule has 0 saturated heterocycles. The molecular weight excluding hydrogens is 349 g/mol. The van der Waals surface area contributed by atoms with Gasteiger partial charge in [-0.2, -0.15) is 0 Å². The molecular formula is C14H12BrCl2NO. The van der Waals surface area contributed by atoms with Crippen molar-refractivity contribution in [2.45, 2.75) is 13.2 Å². The number of ether oxygens (including phenoxy) is 1. The van der Waals surface area contributed by atoms with Crippen LogP contribution in [0.15, 0.2) is 40.9 Å². The van der Waals surface area contributed by atoms with Gasteiger partial charge in [0.1, 0.15) is 12.4 Å². The minimum Gasteiger partial charge on any atom is -0.487 e. The first-order chi connectivity index (χ1) is 9.11. The standard InChI is InChI=1S/C14H12BrCl2NO/c15-12-4-2-1-3-9(12)8-19-14-10(7-18)5-11(16)6-13(14)17/h1-6H,7-8,18H2. The molecule has 2 aromatic rings. The van der Waals surface area contributed by atoms with Crippen molar-refractivity contribution in [1.82, 2.24) is 0 Å². The van der Waals surface area contributed by atoms with E-state index in [1.807, 2.05) is 24.3 Å². The summed E-state index contributed by atoms with van der Waals surface area (Å²) in [6.45, 7) is 0.737. The molecule has 0 unspecified atom stereocenters. The molecule has 0 radical (unpaired) electrons. The first-order valence-electron chi connectivity index (χ1n) is 5.66. The third-order valence-corrected chi connectivity index (χ3v) is 3.91. The Bertz CT molecular complexity index is 590. The van der Waals surface area contributed by atoms with E-state index >= 15 is 0 Å². The minimum absolute atomic E-state index is 0.325. The molecule has 0 fully saturated rings. The molecule has 0 aliphatic heterocycles. The van der Waals surface area contributed by atoms with Crippen LogP contribution in [0.25, 0.3) is 0 Å². The fourth-order valence-electron chi connectivity index (χ4n) is 1.69. The van der Waals surface area contributed by atoms with Crippen LogP contribution in [-0.4, -0.2) is 0 Å². The summed E-state index contributed by atoms with van der Waals surface area (Å²) in [5, 5.41) is 1.03. The van der Waals surface area contributed by atoms with Gasteiger partial charge in [-0.05, 0) is 18.2 Å². The zero-order chi connectivity index (χ0) is 13.8. The zero-order valence-electron chi connectivity index (χ0n) is 10.00. The fraction of sp³-hybridized carbons (Fsp3) is 0.143. The predicted molar refractivity (Wildman–Crippen MR) is 82.8 cm³/mol. The van der Waals surface area contributed by atoms with E-state index in [1.165, 1.54) is 0 Å². The number of nitrogens with two attached hydrogens (primary N) is 1. The second-order valence-corrected chi connectivity index (χ2v) is 5.66. The molecule has 0 aliphatic rings. The maximum atomic E-state index is 6.14. The van der Waals surface area contributed by atoms with Gasteiger partial charge in [-0.25, -0.2) is 0 Å². The molecule has 2 rings (SSSR count). The lowest BCUT2D eigenvalue weighted by atomic mass is 10.2. The van der Waals surface area contributed by atoms with E-state index in [0.717, 1.165) is 15.6 Å². The van der Waals surface area contributed by atoms with E-state index in [4.69, 9.17) is 33.7 Å². The number of rotatable bonds is 4. The van der Waals surface area contributed by atoms with Gasteiger partial charge in [-0.1, -0.05) is 57.3 Å². The van der Waals surface area contributed by atoms with Crippen LogP contribution >= 0.6 is 39.1 Å². The molecule has 2 N–H and O–H groups in total. The lowest BCUT2D eigenvalue weighted by molar-refractivity contribution is 0.302. The Hall–Kier alpha value is -0.740. The third-order valence-electron chi connectivity index (χ3n) is 2.64. The highest BCUT2D eigenvalue weighted by molar-refractivity contribution is 9.10. The molecule has 2 aromatic carbocycles. The summed E-state index contributed by atoms with van der Waals surface area (Å²) in [7, 11) is 0. The lowest BCUT2D eigenvalue weighted by Gasteiger charge is -2.13. The molecule has 0 spiro atoms. The van der Waals surface area contributed by atoms with Crippen LogP contribution < -0.4 is 10.5 Å². The van der Waals surface area contributed by atoms with E-state index < -0.39 is 0 Å². The normalized spacial score (nSPS) is 10.5. The highest BCUT2D eigenvalue weighted by Gasteiger charge is 2.10. The molecule has 0 heterocycles. The Morgan fingerprint density at radius 2 is 1.84 bits per heavy atom. The zero-order valence-corrected chi connectivity index (χ0v) is 13.1. The van der Waals surface area contributed by atoms with E-state index in [-0.39, 0.29) is 0 Å². The largest absolute Gasteiger partial charge is 0.487 e. The van der Waals surface area contributed by atoms with Crippen molar-refractivity contribution >= 4 is 39.1 Å². The fourth-order valence-corrected chi connectivity index (χ4v) is 2.68. The van der Waals surface area contributed by atoms with Gasteiger partial charge >= 0.3 is 0 Å². The van der Waals surface area contributed by atoms with Crippen molar-refractivity contribution in [3.05, 3.63) is 62.0 Å². The molecule has 0 amide bonds. The smallest absolute Gasteiger partial charge is 0.142 e. The van der Waals surface area contributed by atoms with Crippen LogP contribution in [0, 0.1) is 0 Å². The number of hydrogen-bond acceptors (Lipinski definition) is 2. The highest BCUT2D eigenvalue weighted by Crippen LogP contribution is 2.33. The summed E-state index contributed by atoms with van der Waals surface area (Å²) in [5.74, 6) is 0.587. The van der Waals surface area contributed by atoms with E-state index in [9.17, 15) is 0 Å². The first kappa shape index (κ1) is 14.7. The summed E-state index contributed by atoms with van der Waals surface area (Å²) in [5.41, 5.74) is 7.52. The number of halogens is 3. The van der Waals surface area contributed by atoms with Crippen LogP contribution in [0.4, 0.5) is 0 Å². The molecule has 0 saturated carbocycles. The topological polar surface area (TPSA) is 35.2 Å². The van der Waals surface area contributed by atoms with Gasteiger partial charge in [-0.15, -0.1) is 0 Å². The molecule has 2 nitrogen and oxygen atoms in total. The van der Waals surface area contributed by atoms with Crippen LogP contribution in [0.3, 0.4) is 0 Å². The summed E-state index contributed by atoms with van der Waals surface area (Å²) in [6, 6.07) is 11.3. The highest BCUT2D eigenvalue weighted by atomic mass is 79.9. The van der Waals surface area contributed by atoms with Crippen LogP contribution in [-0.2, 0) is 13.2 Å². The lowest BCUT2D eigenvalue weighted by Crippen LogP contribution is -2.04. The van der Waals surface area contributed by atoms with Crippen molar-refractivity contribution in [3.8, 4) is 5.75 Å². The van der Waals surface area contributed by atoms with Crippen LogP contribution in [0.5, 0.6) is 5.75 Å². The average Bonchev–Trinajstić information content (AvgIpc) is 2.38. The summed E-state index contributed by atoms with van der Waals surface area (Å²) < 4.78 is 6.77. The molecule has 0 aromatic heterocycles. The number of hydrogen-bond donors (Lipinski definition) is 1. The minimum atomic E-state index is 0.325. The third kappa shape index (κ3) is 3.63. The maximum absolute atomic E-state index is 6.14. The Morgan fingerprint density at radius 1 is 1.11 bits per heavy atom. The van der Waals surface area contributed by atoms with Crippen molar-refractivity contribution in [1.29, 1.82) is 0 Å². The van der Waals surface area contributed by atoms with Gasteiger partial charge in [0, 0.05) is 27.2 Å². The Morgan fingerprint density at radius 3 is 2.53 bits per heavy atom. The van der Waals surface area contributed by atoms with Gasteiger partial charge < -0.3 is 10.5 Å². The van der Waals surface area contributed by atoms with Gasteiger partial charge in [-0.3, -0.25) is 0 Å². The predicted octanol–water partition coefficient (Wildman–Crippen LogP) is 4.79. The van der Waals surface area contributed by atoms with E-state index in [2.05, 4.69) is 15.9 Å². The summed E-state index contributed by atoms with van der Waals surface area (Å²) >= 11 is 15.6.